The Balaban J connectivity index is 2.58. The number of hydrogen-bond acceptors (Lipinski definition) is 2. The number of nitrogens with zero attached hydrogens (tertiary/aromatic N) is 1. The van der Waals surface area contributed by atoms with Gasteiger partial charge in [-0.25, -0.2) is 0 Å². The van der Waals surface area contributed by atoms with Crippen LogP contribution in [0.2, 0.25) is 0 Å². The Morgan fingerprint density at radius 3 is 2.25 bits per heavy atom. The molecule has 112 valence electrons. The Bertz CT molecular complexity index is 441. The standard InChI is InChI=1S/C14H18F3NO2/c1-10(2)20-9-13(19)18(3)8-11-4-6-12(7-5-11)14(15,16)17/h4-7,10H,8-9H2,1-3H3. The van der Waals surface area contributed by atoms with E-state index in [4.69, 9.17) is 4.74 Å². The topological polar surface area (TPSA) is 29.5 Å². The lowest BCUT2D eigenvalue weighted by Gasteiger charge is -2.18. The molecule has 0 bridgehead atoms. The van der Waals surface area contributed by atoms with Gasteiger partial charge in [0.1, 0.15) is 6.61 Å². The molecule has 0 N–H and O–H groups in total. The number of halogens is 3. The average Bonchev–Trinajstić information content (AvgIpc) is 2.35. The molecule has 0 aliphatic rings. The summed E-state index contributed by atoms with van der Waals surface area (Å²) in [6.07, 6.45) is -4.39. The molecule has 0 atom stereocenters. The molecule has 3 nitrogen and oxygen atoms in total. The van der Waals surface area contributed by atoms with E-state index in [1.54, 1.807) is 7.05 Å². The number of carbonyl (C=O) groups is 1. The third-order valence-electron chi connectivity index (χ3n) is 2.67. The highest BCUT2D eigenvalue weighted by Crippen LogP contribution is 2.29. The van der Waals surface area contributed by atoms with Gasteiger partial charge >= 0.3 is 6.18 Å². The number of benzene rings is 1. The summed E-state index contributed by atoms with van der Waals surface area (Å²) in [5.41, 5.74) is -0.0585. The molecule has 0 aliphatic heterocycles. The van der Waals surface area contributed by atoms with Crippen LogP contribution < -0.4 is 0 Å². The molecule has 0 aliphatic carbocycles. The highest BCUT2D eigenvalue weighted by molar-refractivity contribution is 5.77. The maximum absolute atomic E-state index is 12.4. The molecule has 6 heteroatoms. The van der Waals surface area contributed by atoms with Crippen molar-refractivity contribution in [2.45, 2.75) is 32.7 Å². The van der Waals surface area contributed by atoms with Crippen molar-refractivity contribution in [1.29, 1.82) is 0 Å². The summed E-state index contributed by atoms with van der Waals surface area (Å²) >= 11 is 0. The van der Waals surface area contributed by atoms with Crippen LogP contribution in [0.4, 0.5) is 13.2 Å². The van der Waals surface area contributed by atoms with E-state index in [0.29, 0.717) is 5.56 Å². The van der Waals surface area contributed by atoms with Gasteiger partial charge in [0.15, 0.2) is 0 Å². The summed E-state index contributed by atoms with van der Waals surface area (Å²) < 4.78 is 42.4. The SMILES string of the molecule is CC(C)OCC(=O)N(C)Cc1ccc(C(F)(F)F)cc1. The quantitative estimate of drug-likeness (QED) is 0.833. The molecule has 1 rings (SSSR count). The minimum atomic E-state index is -4.34. The summed E-state index contributed by atoms with van der Waals surface area (Å²) in [7, 11) is 1.59. The first kappa shape index (κ1) is 16.5. The van der Waals surface area contributed by atoms with Crippen LogP contribution in [0, 0.1) is 0 Å². The second kappa shape index (κ2) is 6.74. The zero-order valence-corrected chi connectivity index (χ0v) is 11.7. The predicted octanol–water partition coefficient (Wildman–Crippen LogP) is 3.09. The smallest absolute Gasteiger partial charge is 0.369 e. The van der Waals surface area contributed by atoms with Gasteiger partial charge in [-0.3, -0.25) is 4.79 Å². The number of hydrogen-bond donors (Lipinski definition) is 0. The van der Waals surface area contributed by atoms with E-state index in [1.165, 1.54) is 17.0 Å². The van der Waals surface area contributed by atoms with Crippen LogP contribution in [0.15, 0.2) is 24.3 Å². The summed E-state index contributed by atoms with van der Waals surface area (Å²) in [5.74, 6) is -0.210. The summed E-state index contributed by atoms with van der Waals surface area (Å²) in [4.78, 5) is 13.1. The van der Waals surface area contributed by atoms with Gasteiger partial charge in [-0.2, -0.15) is 13.2 Å². The Labute approximate surface area is 116 Å². The normalized spacial score (nSPS) is 11.8. The lowest BCUT2D eigenvalue weighted by atomic mass is 10.1. The molecule has 1 aromatic rings. The number of amides is 1. The first-order chi connectivity index (χ1) is 9.20. The minimum absolute atomic E-state index is 0.0329. The zero-order valence-electron chi connectivity index (χ0n) is 11.7. The molecule has 0 fully saturated rings. The molecule has 0 aromatic heterocycles. The lowest BCUT2D eigenvalue weighted by Crippen LogP contribution is -2.30. The van der Waals surface area contributed by atoms with Gasteiger partial charge in [0.25, 0.3) is 0 Å². The zero-order chi connectivity index (χ0) is 15.3. The van der Waals surface area contributed by atoms with Crippen LogP contribution in [0.5, 0.6) is 0 Å². The summed E-state index contributed by atoms with van der Waals surface area (Å²) in [5, 5.41) is 0. The highest BCUT2D eigenvalue weighted by Gasteiger charge is 2.29. The third kappa shape index (κ3) is 5.21. The van der Waals surface area contributed by atoms with Crippen LogP contribution in [0.25, 0.3) is 0 Å². The Morgan fingerprint density at radius 1 is 1.25 bits per heavy atom. The van der Waals surface area contributed by atoms with E-state index >= 15 is 0 Å². The molecule has 20 heavy (non-hydrogen) atoms. The maximum Gasteiger partial charge on any atom is 0.416 e. The van der Waals surface area contributed by atoms with Crippen LogP contribution in [-0.2, 0) is 22.3 Å². The molecule has 0 unspecified atom stereocenters. The van der Waals surface area contributed by atoms with Crippen molar-refractivity contribution in [1.82, 2.24) is 4.90 Å². The Hall–Kier alpha value is -1.56. The van der Waals surface area contributed by atoms with Crippen molar-refractivity contribution in [3.63, 3.8) is 0 Å². The predicted molar refractivity (Wildman–Crippen MR) is 69.0 cm³/mol. The van der Waals surface area contributed by atoms with Crippen LogP contribution in [0.1, 0.15) is 25.0 Å². The molecular weight excluding hydrogens is 271 g/mol. The first-order valence-corrected chi connectivity index (χ1v) is 6.22. The van der Waals surface area contributed by atoms with Gasteiger partial charge in [0, 0.05) is 13.6 Å². The summed E-state index contributed by atoms with van der Waals surface area (Å²) in [6, 6.07) is 4.77. The largest absolute Gasteiger partial charge is 0.416 e. The molecular formula is C14H18F3NO2. The number of carbonyl (C=O) groups excluding carboxylic acids is 1. The van der Waals surface area contributed by atoms with Crippen LogP contribution in [-0.4, -0.2) is 30.6 Å². The Morgan fingerprint density at radius 2 is 1.80 bits per heavy atom. The Kier molecular flexibility index (Phi) is 5.56. The maximum atomic E-state index is 12.4. The molecule has 0 radical (unpaired) electrons. The van der Waals surface area contributed by atoms with E-state index in [-0.39, 0.29) is 25.2 Å². The molecule has 0 spiro atoms. The molecule has 0 heterocycles. The molecule has 1 aromatic carbocycles. The monoisotopic (exact) mass is 289 g/mol. The van der Waals surface area contributed by atoms with E-state index in [0.717, 1.165) is 12.1 Å². The van der Waals surface area contributed by atoms with Gasteiger partial charge in [-0.15, -0.1) is 0 Å². The number of rotatable bonds is 5. The van der Waals surface area contributed by atoms with Gasteiger partial charge < -0.3 is 9.64 Å². The van der Waals surface area contributed by atoms with Gasteiger partial charge in [-0.05, 0) is 31.5 Å². The van der Waals surface area contributed by atoms with Crippen molar-refractivity contribution in [2.75, 3.05) is 13.7 Å². The second-order valence-electron chi connectivity index (χ2n) is 4.80. The van der Waals surface area contributed by atoms with E-state index in [9.17, 15) is 18.0 Å². The van der Waals surface area contributed by atoms with Crippen LogP contribution >= 0.6 is 0 Å². The fraction of sp³-hybridized carbons (Fsp3) is 0.500. The third-order valence-corrected chi connectivity index (χ3v) is 2.67. The van der Waals surface area contributed by atoms with Crippen molar-refractivity contribution < 1.29 is 22.7 Å². The second-order valence-corrected chi connectivity index (χ2v) is 4.80. The molecule has 1 amide bonds. The number of ether oxygens (including phenoxy) is 1. The van der Waals surface area contributed by atoms with Crippen molar-refractivity contribution >= 4 is 5.91 Å². The van der Waals surface area contributed by atoms with Gasteiger partial charge in [0.2, 0.25) is 5.91 Å². The average molecular weight is 289 g/mol. The lowest BCUT2D eigenvalue weighted by molar-refractivity contribution is -0.138. The summed E-state index contributed by atoms with van der Waals surface area (Å²) in [6.45, 7) is 3.86. The molecule has 0 saturated carbocycles. The van der Waals surface area contributed by atoms with E-state index in [2.05, 4.69) is 0 Å². The van der Waals surface area contributed by atoms with Crippen LogP contribution in [0.3, 0.4) is 0 Å². The van der Waals surface area contributed by atoms with Crippen molar-refractivity contribution in [2.24, 2.45) is 0 Å². The highest BCUT2D eigenvalue weighted by atomic mass is 19.4. The molecule has 0 saturated heterocycles. The number of alkyl halides is 3. The van der Waals surface area contributed by atoms with Crippen molar-refractivity contribution in [3.8, 4) is 0 Å². The number of likely N-dealkylation sites (N-methyl/N-ethyl adjacent to an activating group) is 1. The van der Waals surface area contributed by atoms with Crippen molar-refractivity contribution in [3.05, 3.63) is 35.4 Å². The minimum Gasteiger partial charge on any atom is -0.369 e. The fourth-order valence-electron chi connectivity index (χ4n) is 1.51. The van der Waals surface area contributed by atoms with Gasteiger partial charge in [0.05, 0.1) is 11.7 Å². The first-order valence-electron chi connectivity index (χ1n) is 6.22. The fourth-order valence-corrected chi connectivity index (χ4v) is 1.51. The van der Waals surface area contributed by atoms with Gasteiger partial charge in [-0.1, -0.05) is 12.1 Å². The van der Waals surface area contributed by atoms with E-state index in [1.807, 2.05) is 13.8 Å². The van der Waals surface area contributed by atoms with E-state index < -0.39 is 11.7 Å².